The molecule has 7 nitrogen and oxygen atoms in total. The molecule has 0 aliphatic carbocycles. The van der Waals surface area contributed by atoms with Crippen LogP contribution in [0.5, 0.6) is 5.75 Å². The minimum Gasteiger partial charge on any atom is -0.434 e. The Morgan fingerprint density at radius 3 is 2.67 bits per heavy atom. The van der Waals surface area contributed by atoms with E-state index in [-0.39, 0.29) is 23.3 Å². The molecular formula is C17H20F2N4O3S. The minimum atomic E-state index is -2.95. The molecule has 2 amide bonds. The first-order valence-corrected chi connectivity index (χ1v) is 8.98. The van der Waals surface area contributed by atoms with E-state index in [0.29, 0.717) is 11.3 Å². The Morgan fingerprint density at radius 2 is 2.00 bits per heavy atom. The number of nitrogens with two attached hydrogens (primary N) is 1. The van der Waals surface area contributed by atoms with Crippen molar-refractivity contribution in [3.63, 3.8) is 0 Å². The summed E-state index contributed by atoms with van der Waals surface area (Å²) >= 11 is 1.12. The number of benzene rings is 1. The molecule has 27 heavy (non-hydrogen) atoms. The predicted molar refractivity (Wildman–Crippen MR) is 98.6 cm³/mol. The number of para-hydroxylation sites is 1. The van der Waals surface area contributed by atoms with Gasteiger partial charge in [0.1, 0.15) is 5.75 Å². The lowest BCUT2D eigenvalue weighted by Crippen LogP contribution is -2.46. The number of carbonyl (C=O) groups excluding carboxylic acids is 2. The van der Waals surface area contributed by atoms with E-state index in [4.69, 9.17) is 5.73 Å². The number of aromatic nitrogens is 1. The van der Waals surface area contributed by atoms with E-state index >= 15 is 0 Å². The van der Waals surface area contributed by atoms with Gasteiger partial charge in [-0.15, -0.1) is 11.3 Å². The molecule has 1 heterocycles. The second-order valence-electron chi connectivity index (χ2n) is 5.95. The van der Waals surface area contributed by atoms with Crippen molar-refractivity contribution < 1.29 is 23.1 Å². The predicted octanol–water partition coefficient (Wildman–Crippen LogP) is 2.45. The lowest BCUT2D eigenvalue weighted by atomic mass is 10.1. The van der Waals surface area contributed by atoms with Crippen molar-refractivity contribution in [2.24, 2.45) is 11.7 Å². The van der Waals surface area contributed by atoms with Crippen molar-refractivity contribution in [1.29, 1.82) is 0 Å². The summed E-state index contributed by atoms with van der Waals surface area (Å²) in [6, 6.07) is 5.54. The number of rotatable bonds is 8. The smallest absolute Gasteiger partial charge is 0.387 e. The first-order chi connectivity index (χ1) is 12.8. The van der Waals surface area contributed by atoms with Gasteiger partial charge in [0.2, 0.25) is 11.8 Å². The normalized spacial score (nSPS) is 12.1. The number of thiazole rings is 1. The molecule has 146 valence electrons. The zero-order chi connectivity index (χ0) is 20.0. The number of ether oxygens (including phenoxy) is 1. The summed E-state index contributed by atoms with van der Waals surface area (Å²) in [7, 11) is 0. The fourth-order valence-electron chi connectivity index (χ4n) is 2.08. The van der Waals surface area contributed by atoms with Crippen LogP contribution in [0.2, 0.25) is 0 Å². The molecule has 0 bridgehead atoms. The van der Waals surface area contributed by atoms with Gasteiger partial charge in [0.05, 0.1) is 18.3 Å². The van der Waals surface area contributed by atoms with Crippen LogP contribution in [0.15, 0.2) is 29.6 Å². The molecule has 0 fully saturated rings. The molecule has 0 saturated carbocycles. The van der Waals surface area contributed by atoms with Crippen molar-refractivity contribution in [1.82, 2.24) is 10.3 Å². The average Bonchev–Trinajstić information content (AvgIpc) is 3.07. The monoisotopic (exact) mass is 398 g/mol. The summed E-state index contributed by atoms with van der Waals surface area (Å²) in [5.74, 6) is -0.953. The van der Waals surface area contributed by atoms with Gasteiger partial charge in [-0.25, -0.2) is 4.98 Å². The third-order valence-corrected chi connectivity index (χ3v) is 4.33. The molecule has 1 aromatic carbocycles. The van der Waals surface area contributed by atoms with E-state index in [1.807, 2.05) is 0 Å². The molecule has 4 N–H and O–H groups in total. The number of anilines is 1. The van der Waals surface area contributed by atoms with Gasteiger partial charge >= 0.3 is 6.61 Å². The Labute approximate surface area is 158 Å². The number of nitrogens with zero attached hydrogens (tertiary/aromatic N) is 1. The van der Waals surface area contributed by atoms with Gasteiger partial charge in [0.25, 0.3) is 0 Å². The van der Waals surface area contributed by atoms with Gasteiger partial charge in [0.15, 0.2) is 5.13 Å². The third kappa shape index (κ3) is 5.97. The van der Waals surface area contributed by atoms with Crippen LogP contribution in [0.3, 0.4) is 0 Å². The van der Waals surface area contributed by atoms with Gasteiger partial charge in [-0.1, -0.05) is 26.0 Å². The number of amides is 2. The number of alkyl halides is 2. The average molecular weight is 398 g/mol. The zero-order valence-corrected chi connectivity index (χ0v) is 15.6. The summed E-state index contributed by atoms with van der Waals surface area (Å²) < 4.78 is 29.5. The number of carbonyl (C=O) groups is 2. The maximum atomic E-state index is 12.5. The fraction of sp³-hybridized carbons (Fsp3) is 0.353. The molecule has 0 spiro atoms. The van der Waals surface area contributed by atoms with Gasteiger partial charge in [-0.2, -0.15) is 8.78 Å². The molecule has 2 rings (SSSR count). The van der Waals surface area contributed by atoms with Crippen molar-refractivity contribution in [2.75, 3.05) is 11.9 Å². The highest BCUT2D eigenvalue weighted by molar-refractivity contribution is 7.14. The van der Waals surface area contributed by atoms with Gasteiger partial charge in [0, 0.05) is 10.9 Å². The minimum absolute atomic E-state index is 0.00869. The van der Waals surface area contributed by atoms with Crippen LogP contribution >= 0.6 is 11.3 Å². The van der Waals surface area contributed by atoms with Crippen LogP contribution < -0.4 is 21.1 Å². The largest absolute Gasteiger partial charge is 0.434 e. The number of nitrogens with one attached hydrogen (secondary N) is 2. The quantitative estimate of drug-likeness (QED) is 0.633. The second kappa shape index (κ2) is 9.38. The fourth-order valence-corrected chi connectivity index (χ4v) is 2.81. The number of hydrogen-bond donors (Lipinski definition) is 3. The van der Waals surface area contributed by atoms with Crippen LogP contribution in [-0.4, -0.2) is 36.0 Å². The lowest BCUT2D eigenvalue weighted by molar-refractivity contribution is -0.125. The highest BCUT2D eigenvalue weighted by atomic mass is 32.1. The summed E-state index contributed by atoms with van der Waals surface area (Å²) in [5.41, 5.74) is 6.46. The van der Waals surface area contributed by atoms with Crippen LogP contribution in [0.4, 0.5) is 13.9 Å². The Kier molecular flexibility index (Phi) is 7.19. The summed E-state index contributed by atoms with van der Waals surface area (Å²) in [6.07, 6.45) is 0. The molecule has 2 aromatic rings. The summed E-state index contributed by atoms with van der Waals surface area (Å²) in [5, 5.41) is 6.87. The van der Waals surface area contributed by atoms with E-state index in [2.05, 4.69) is 20.4 Å². The van der Waals surface area contributed by atoms with Gasteiger partial charge < -0.3 is 21.1 Å². The van der Waals surface area contributed by atoms with Crippen LogP contribution in [0.1, 0.15) is 13.8 Å². The van der Waals surface area contributed by atoms with E-state index in [1.54, 1.807) is 37.4 Å². The Morgan fingerprint density at radius 1 is 1.30 bits per heavy atom. The topological polar surface area (TPSA) is 106 Å². The zero-order valence-electron chi connectivity index (χ0n) is 14.7. The number of halogens is 2. The maximum Gasteiger partial charge on any atom is 0.387 e. The van der Waals surface area contributed by atoms with E-state index < -0.39 is 24.5 Å². The molecule has 1 aromatic heterocycles. The molecule has 1 atom stereocenters. The van der Waals surface area contributed by atoms with Crippen molar-refractivity contribution >= 4 is 28.3 Å². The molecule has 10 heteroatoms. The first-order valence-electron chi connectivity index (χ1n) is 8.10. The summed E-state index contributed by atoms with van der Waals surface area (Å²) in [4.78, 5) is 27.9. The molecular weight excluding hydrogens is 378 g/mol. The van der Waals surface area contributed by atoms with Crippen molar-refractivity contribution in [3.8, 4) is 17.0 Å². The van der Waals surface area contributed by atoms with Gasteiger partial charge in [-0.05, 0) is 18.1 Å². The molecule has 0 radical (unpaired) electrons. The standard InChI is InChI=1S/C17H20F2N4O3S/c1-9(2)14(20)15(25)21-7-13(24)23-17-22-11(8-27-17)10-5-3-4-6-12(10)26-16(18)19/h3-6,8-9,14,16H,7,20H2,1-2H3,(H,21,25)(H,22,23,24)/t14-/m0/s1. The second-order valence-corrected chi connectivity index (χ2v) is 6.81. The van der Waals surface area contributed by atoms with Crippen molar-refractivity contribution in [3.05, 3.63) is 29.6 Å². The SMILES string of the molecule is CC(C)[C@H](N)C(=O)NCC(=O)Nc1nc(-c2ccccc2OC(F)F)cs1. The first kappa shape index (κ1) is 20.7. The Hall–Kier alpha value is -2.59. The molecule has 0 saturated heterocycles. The highest BCUT2D eigenvalue weighted by Gasteiger charge is 2.18. The highest BCUT2D eigenvalue weighted by Crippen LogP contribution is 2.32. The maximum absolute atomic E-state index is 12.5. The Balaban J connectivity index is 1.98. The summed E-state index contributed by atoms with van der Waals surface area (Å²) in [6.45, 7) is 0.401. The van der Waals surface area contributed by atoms with E-state index in [9.17, 15) is 18.4 Å². The van der Waals surface area contributed by atoms with Crippen LogP contribution in [0, 0.1) is 5.92 Å². The molecule has 0 aliphatic rings. The lowest BCUT2D eigenvalue weighted by Gasteiger charge is -2.14. The van der Waals surface area contributed by atoms with E-state index in [1.165, 1.54) is 6.07 Å². The van der Waals surface area contributed by atoms with Gasteiger partial charge in [-0.3, -0.25) is 9.59 Å². The molecule has 0 unspecified atom stereocenters. The van der Waals surface area contributed by atoms with E-state index in [0.717, 1.165) is 11.3 Å². The third-order valence-electron chi connectivity index (χ3n) is 3.57. The van der Waals surface area contributed by atoms with Crippen LogP contribution in [-0.2, 0) is 9.59 Å². The van der Waals surface area contributed by atoms with Crippen molar-refractivity contribution in [2.45, 2.75) is 26.5 Å². The van der Waals surface area contributed by atoms with Crippen LogP contribution in [0.25, 0.3) is 11.3 Å². The number of hydrogen-bond acceptors (Lipinski definition) is 6. The Bertz CT molecular complexity index is 798. The molecule has 0 aliphatic heterocycles.